The molecule has 1 saturated heterocycles. The molecule has 0 saturated carbocycles. The van der Waals surface area contributed by atoms with Gasteiger partial charge < -0.3 is 4.98 Å². The molecular formula is C17H22N2. The zero-order valence-corrected chi connectivity index (χ0v) is 11.7. The molecular weight excluding hydrogens is 232 g/mol. The van der Waals surface area contributed by atoms with E-state index >= 15 is 0 Å². The molecule has 0 unspecified atom stereocenters. The van der Waals surface area contributed by atoms with E-state index in [1.54, 1.807) is 0 Å². The number of H-pyrrole nitrogens is 1. The Bertz CT molecular complexity index is 574. The van der Waals surface area contributed by atoms with E-state index in [9.17, 15) is 0 Å². The number of aromatic nitrogens is 1. The molecule has 0 spiro atoms. The molecule has 2 heteroatoms. The number of likely N-dealkylation sites (tertiary alicyclic amines) is 1. The maximum Gasteiger partial charge on any atom is 0.0463 e. The van der Waals surface area contributed by atoms with E-state index in [1.165, 1.54) is 48.0 Å². The zero-order valence-electron chi connectivity index (χ0n) is 11.7. The molecule has 1 aromatic carbocycles. The van der Waals surface area contributed by atoms with Crippen molar-refractivity contribution >= 4 is 17.0 Å². The Morgan fingerprint density at radius 2 is 2.16 bits per heavy atom. The standard InChI is InChI=1S/C17H22N2/c1-3-14-4-5-16-15(11-18-17(16)10-14)12-19-8-6-13(2)7-9-19/h3-5,10-11,13,18H,1,6-9,12H2,2H3. The van der Waals surface area contributed by atoms with E-state index in [0.29, 0.717) is 0 Å². The molecule has 3 rings (SSSR count). The number of aromatic amines is 1. The van der Waals surface area contributed by atoms with Gasteiger partial charge in [-0.25, -0.2) is 0 Å². The second-order valence-corrected chi connectivity index (χ2v) is 5.78. The lowest BCUT2D eigenvalue weighted by atomic mass is 9.99. The SMILES string of the molecule is C=Cc1ccc2c(CN3CCC(C)CC3)c[nH]c2c1. The van der Waals surface area contributed by atoms with Gasteiger partial charge in [0.25, 0.3) is 0 Å². The van der Waals surface area contributed by atoms with Gasteiger partial charge in [-0.1, -0.05) is 31.7 Å². The highest BCUT2D eigenvalue weighted by Crippen LogP contribution is 2.24. The Morgan fingerprint density at radius 1 is 1.37 bits per heavy atom. The molecule has 1 aliphatic rings. The van der Waals surface area contributed by atoms with Crippen LogP contribution in [0.15, 0.2) is 31.0 Å². The number of fused-ring (bicyclic) bond motifs is 1. The van der Waals surface area contributed by atoms with Crippen molar-refractivity contribution in [3.8, 4) is 0 Å². The van der Waals surface area contributed by atoms with Crippen molar-refractivity contribution in [2.24, 2.45) is 5.92 Å². The third-order valence-electron chi connectivity index (χ3n) is 4.30. The van der Waals surface area contributed by atoms with Crippen LogP contribution in [0.25, 0.3) is 17.0 Å². The average molecular weight is 254 g/mol. The number of nitrogens with zero attached hydrogens (tertiary/aromatic N) is 1. The summed E-state index contributed by atoms with van der Waals surface area (Å²) in [4.78, 5) is 5.96. The predicted octanol–water partition coefficient (Wildman–Crippen LogP) is 4.04. The molecule has 19 heavy (non-hydrogen) atoms. The number of hydrogen-bond acceptors (Lipinski definition) is 1. The van der Waals surface area contributed by atoms with Crippen molar-refractivity contribution in [2.45, 2.75) is 26.3 Å². The van der Waals surface area contributed by atoms with Crippen LogP contribution < -0.4 is 0 Å². The first kappa shape index (κ1) is 12.5. The number of rotatable bonds is 3. The summed E-state index contributed by atoms with van der Waals surface area (Å²) in [6.45, 7) is 9.72. The first-order chi connectivity index (χ1) is 9.26. The van der Waals surface area contributed by atoms with Gasteiger partial charge in [0, 0.05) is 23.6 Å². The third-order valence-corrected chi connectivity index (χ3v) is 4.30. The summed E-state index contributed by atoms with van der Waals surface area (Å²) in [5.41, 5.74) is 3.81. The maximum absolute atomic E-state index is 3.82. The summed E-state index contributed by atoms with van der Waals surface area (Å²) in [7, 11) is 0. The molecule has 1 aromatic heterocycles. The molecule has 1 fully saturated rings. The molecule has 2 aromatic rings. The van der Waals surface area contributed by atoms with Crippen LogP contribution in [-0.2, 0) is 6.54 Å². The van der Waals surface area contributed by atoms with Gasteiger partial charge in [-0.2, -0.15) is 0 Å². The van der Waals surface area contributed by atoms with E-state index in [4.69, 9.17) is 0 Å². The van der Waals surface area contributed by atoms with Gasteiger partial charge in [-0.3, -0.25) is 4.90 Å². The minimum absolute atomic E-state index is 0.898. The number of piperidine rings is 1. The Morgan fingerprint density at radius 3 is 2.89 bits per heavy atom. The van der Waals surface area contributed by atoms with Gasteiger partial charge >= 0.3 is 0 Å². The summed E-state index contributed by atoms with van der Waals surface area (Å²) < 4.78 is 0. The number of nitrogens with one attached hydrogen (secondary N) is 1. The summed E-state index contributed by atoms with van der Waals surface area (Å²) in [5.74, 6) is 0.898. The molecule has 2 nitrogen and oxygen atoms in total. The molecule has 0 atom stereocenters. The lowest BCUT2D eigenvalue weighted by molar-refractivity contribution is 0.186. The summed E-state index contributed by atoms with van der Waals surface area (Å²) >= 11 is 0. The predicted molar refractivity (Wildman–Crippen MR) is 82.1 cm³/mol. The van der Waals surface area contributed by atoms with Crippen LogP contribution in [0, 0.1) is 5.92 Å². The summed E-state index contributed by atoms with van der Waals surface area (Å²) in [6.07, 6.45) is 6.73. The van der Waals surface area contributed by atoms with Crippen LogP contribution in [-0.4, -0.2) is 23.0 Å². The van der Waals surface area contributed by atoms with Crippen LogP contribution in [0.4, 0.5) is 0 Å². The lowest BCUT2D eigenvalue weighted by Crippen LogP contribution is -2.32. The van der Waals surface area contributed by atoms with Crippen molar-refractivity contribution < 1.29 is 0 Å². The van der Waals surface area contributed by atoms with Crippen LogP contribution in [0.5, 0.6) is 0 Å². The molecule has 2 heterocycles. The Kier molecular flexibility index (Phi) is 3.43. The minimum atomic E-state index is 0.898. The molecule has 0 amide bonds. The number of hydrogen-bond donors (Lipinski definition) is 1. The molecule has 1 N–H and O–H groups in total. The van der Waals surface area contributed by atoms with Gasteiger partial charge in [0.05, 0.1) is 0 Å². The van der Waals surface area contributed by atoms with E-state index in [-0.39, 0.29) is 0 Å². The second-order valence-electron chi connectivity index (χ2n) is 5.78. The quantitative estimate of drug-likeness (QED) is 0.875. The van der Waals surface area contributed by atoms with Crippen molar-refractivity contribution in [2.75, 3.05) is 13.1 Å². The lowest BCUT2D eigenvalue weighted by Gasteiger charge is -2.29. The summed E-state index contributed by atoms with van der Waals surface area (Å²) in [6, 6.07) is 6.53. The second kappa shape index (κ2) is 5.22. The number of benzene rings is 1. The topological polar surface area (TPSA) is 19.0 Å². The highest BCUT2D eigenvalue weighted by Gasteiger charge is 2.16. The van der Waals surface area contributed by atoms with Crippen molar-refractivity contribution in [1.29, 1.82) is 0 Å². The van der Waals surface area contributed by atoms with Gasteiger partial charge in [0.2, 0.25) is 0 Å². The largest absolute Gasteiger partial charge is 0.361 e. The van der Waals surface area contributed by atoms with Crippen LogP contribution in [0.3, 0.4) is 0 Å². The van der Waals surface area contributed by atoms with Crippen LogP contribution >= 0.6 is 0 Å². The molecule has 100 valence electrons. The first-order valence-electron chi connectivity index (χ1n) is 7.21. The fourth-order valence-corrected chi connectivity index (χ4v) is 2.92. The molecule has 0 bridgehead atoms. The fourth-order valence-electron chi connectivity index (χ4n) is 2.92. The van der Waals surface area contributed by atoms with E-state index < -0.39 is 0 Å². The van der Waals surface area contributed by atoms with E-state index in [1.807, 2.05) is 6.08 Å². The van der Waals surface area contributed by atoms with Gasteiger partial charge in [0.1, 0.15) is 0 Å². The molecule has 0 aliphatic carbocycles. The summed E-state index contributed by atoms with van der Waals surface area (Å²) in [5, 5.41) is 1.35. The highest BCUT2D eigenvalue weighted by atomic mass is 15.1. The third kappa shape index (κ3) is 2.59. The van der Waals surface area contributed by atoms with Crippen LogP contribution in [0.2, 0.25) is 0 Å². The monoisotopic (exact) mass is 254 g/mol. The minimum Gasteiger partial charge on any atom is -0.361 e. The Balaban J connectivity index is 1.79. The Hall–Kier alpha value is -1.54. The highest BCUT2D eigenvalue weighted by molar-refractivity contribution is 5.85. The normalized spacial score (nSPS) is 17.9. The van der Waals surface area contributed by atoms with Crippen LogP contribution in [0.1, 0.15) is 30.9 Å². The first-order valence-corrected chi connectivity index (χ1v) is 7.21. The fraction of sp³-hybridized carbons (Fsp3) is 0.412. The van der Waals surface area contributed by atoms with Gasteiger partial charge in [-0.15, -0.1) is 0 Å². The Labute approximate surface area is 115 Å². The maximum atomic E-state index is 3.82. The molecule has 1 aliphatic heterocycles. The molecule has 0 radical (unpaired) electrons. The van der Waals surface area contributed by atoms with Crippen molar-refractivity contribution in [1.82, 2.24) is 9.88 Å². The average Bonchev–Trinajstić information content (AvgIpc) is 2.83. The van der Waals surface area contributed by atoms with E-state index in [2.05, 4.69) is 47.8 Å². The van der Waals surface area contributed by atoms with Crippen molar-refractivity contribution in [3.63, 3.8) is 0 Å². The zero-order chi connectivity index (χ0) is 13.2. The van der Waals surface area contributed by atoms with Crippen molar-refractivity contribution in [3.05, 3.63) is 42.1 Å². The smallest absolute Gasteiger partial charge is 0.0463 e. The van der Waals surface area contributed by atoms with E-state index in [0.717, 1.165) is 12.5 Å². The van der Waals surface area contributed by atoms with Gasteiger partial charge in [-0.05, 0) is 49.0 Å². The van der Waals surface area contributed by atoms with Gasteiger partial charge in [0.15, 0.2) is 0 Å².